The van der Waals surface area contributed by atoms with Crippen LogP contribution in [0.4, 0.5) is 5.13 Å². The van der Waals surface area contributed by atoms with E-state index in [4.69, 9.17) is 14.5 Å². The molecule has 1 amide bonds. The molecule has 0 bridgehead atoms. The summed E-state index contributed by atoms with van der Waals surface area (Å²) in [5.41, 5.74) is 3.17. The van der Waals surface area contributed by atoms with Crippen molar-refractivity contribution in [3.8, 4) is 11.5 Å². The van der Waals surface area contributed by atoms with E-state index in [2.05, 4.69) is 0 Å². The van der Waals surface area contributed by atoms with Gasteiger partial charge >= 0.3 is 5.91 Å². The Labute approximate surface area is 215 Å². The van der Waals surface area contributed by atoms with Crippen LogP contribution in [0.25, 0.3) is 16.0 Å². The number of nitrogens with zero attached hydrogens (tertiary/aromatic N) is 2. The minimum absolute atomic E-state index is 0.0622. The van der Waals surface area contributed by atoms with Gasteiger partial charge in [0.2, 0.25) is 0 Å². The lowest BCUT2D eigenvalue weighted by molar-refractivity contribution is -0.132. The predicted octanol–water partition coefficient (Wildman–Crippen LogP) is 5.63. The van der Waals surface area contributed by atoms with E-state index in [0.29, 0.717) is 17.3 Å². The van der Waals surface area contributed by atoms with Gasteiger partial charge in [0, 0.05) is 10.4 Å². The molecule has 2 aliphatic heterocycles. The molecular weight excluding hydrogens is 496 g/mol. The second kappa shape index (κ2) is 8.76. The van der Waals surface area contributed by atoms with Crippen molar-refractivity contribution < 1.29 is 24.2 Å². The number of carbonyl (C=O) groups is 2. The van der Waals surface area contributed by atoms with Crippen LogP contribution in [-0.4, -0.2) is 35.5 Å². The van der Waals surface area contributed by atoms with Crippen LogP contribution in [0.2, 0.25) is 0 Å². The Morgan fingerprint density at radius 3 is 2.86 bits per heavy atom. The van der Waals surface area contributed by atoms with Crippen molar-refractivity contribution in [1.82, 2.24) is 4.98 Å². The van der Waals surface area contributed by atoms with Gasteiger partial charge in [-0.25, -0.2) is 4.98 Å². The molecule has 1 fully saturated rings. The number of aliphatic hydroxyl groups is 1. The monoisotopic (exact) mass is 518 g/mol. The minimum Gasteiger partial charge on any atom is -0.507 e. The molecule has 9 heteroatoms. The molecule has 1 saturated heterocycles. The normalized spacial score (nSPS) is 18.9. The Morgan fingerprint density at radius 2 is 2.08 bits per heavy atom. The van der Waals surface area contributed by atoms with Crippen LogP contribution < -0.4 is 14.4 Å². The second-order valence-electron chi connectivity index (χ2n) is 8.75. The van der Waals surface area contributed by atoms with Crippen LogP contribution in [0.1, 0.15) is 34.0 Å². The summed E-state index contributed by atoms with van der Waals surface area (Å²) in [6.45, 7) is 2.59. The number of benzene rings is 2. The molecule has 182 valence electrons. The summed E-state index contributed by atoms with van der Waals surface area (Å²) in [5.74, 6) is -0.118. The standard InChI is InChI=1S/C27H22N2O5S2/c1-14-11-17-21(13-19(14)33-2)36-27(28-17)29-23(20-6-4-10-35-20)22(25(31)26(29)32)24(30)16-7-8-18-15(12-16)5-3-9-34-18/h4,6-8,10-13,23,30H,3,5,9H2,1-2H3/b24-22+. The largest absolute Gasteiger partial charge is 0.507 e. The summed E-state index contributed by atoms with van der Waals surface area (Å²) in [6.07, 6.45) is 1.71. The van der Waals surface area contributed by atoms with E-state index < -0.39 is 17.7 Å². The van der Waals surface area contributed by atoms with E-state index in [0.717, 1.165) is 50.6 Å². The number of thiazole rings is 1. The van der Waals surface area contributed by atoms with Gasteiger partial charge in [-0.2, -0.15) is 0 Å². The number of aliphatic hydroxyl groups excluding tert-OH is 1. The van der Waals surface area contributed by atoms with Gasteiger partial charge in [0.15, 0.2) is 5.13 Å². The number of anilines is 1. The van der Waals surface area contributed by atoms with Gasteiger partial charge in [-0.3, -0.25) is 14.5 Å². The van der Waals surface area contributed by atoms with E-state index in [-0.39, 0.29) is 11.3 Å². The highest BCUT2D eigenvalue weighted by Crippen LogP contribution is 2.46. The zero-order chi connectivity index (χ0) is 25.0. The molecule has 1 atom stereocenters. The maximum atomic E-state index is 13.4. The summed E-state index contributed by atoms with van der Waals surface area (Å²) in [4.78, 5) is 33.7. The molecule has 1 N–H and O–H groups in total. The molecule has 4 heterocycles. The number of ether oxygens (including phenoxy) is 2. The summed E-state index contributed by atoms with van der Waals surface area (Å²) < 4.78 is 12.0. The summed E-state index contributed by atoms with van der Waals surface area (Å²) in [5, 5.41) is 13.7. The zero-order valence-electron chi connectivity index (χ0n) is 19.6. The number of rotatable bonds is 4. The Kier molecular flexibility index (Phi) is 5.54. The Balaban J connectivity index is 1.51. The molecule has 0 aliphatic carbocycles. The Morgan fingerprint density at radius 1 is 1.22 bits per heavy atom. The molecule has 4 aromatic rings. The van der Waals surface area contributed by atoms with Gasteiger partial charge in [0.05, 0.1) is 29.5 Å². The van der Waals surface area contributed by atoms with Crippen molar-refractivity contribution in [3.63, 3.8) is 0 Å². The molecule has 0 spiro atoms. The fraction of sp³-hybridized carbons (Fsp3) is 0.222. The van der Waals surface area contributed by atoms with Crippen molar-refractivity contribution in [3.05, 3.63) is 75.0 Å². The molecule has 6 rings (SSSR count). The topological polar surface area (TPSA) is 89.0 Å². The van der Waals surface area contributed by atoms with Gasteiger partial charge in [-0.05, 0) is 72.7 Å². The third-order valence-electron chi connectivity index (χ3n) is 6.54. The fourth-order valence-corrected chi connectivity index (χ4v) is 6.61. The maximum Gasteiger partial charge on any atom is 0.301 e. The van der Waals surface area contributed by atoms with Crippen molar-refractivity contribution in [2.75, 3.05) is 18.6 Å². The summed E-state index contributed by atoms with van der Waals surface area (Å²) in [7, 11) is 1.61. The van der Waals surface area contributed by atoms with Crippen molar-refractivity contribution in [2.24, 2.45) is 0 Å². The highest BCUT2D eigenvalue weighted by atomic mass is 32.1. The first-order valence-electron chi connectivity index (χ1n) is 11.5. The quantitative estimate of drug-likeness (QED) is 0.214. The molecule has 0 saturated carbocycles. The van der Waals surface area contributed by atoms with Crippen LogP contribution in [0, 0.1) is 6.92 Å². The third kappa shape index (κ3) is 3.58. The van der Waals surface area contributed by atoms with Crippen molar-refractivity contribution in [1.29, 1.82) is 0 Å². The van der Waals surface area contributed by atoms with E-state index >= 15 is 0 Å². The number of methoxy groups -OCH3 is 1. The lowest BCUT2D eigenvalue weighted by Gasteiger charge is -2.22. The number of ketones is 1. The van der Waals surface area contributed by atoms with Gasteiger partial charge in [-0.1, -0.05) is 17.4 Å². The fourth-order valence-electron chi connectivity index (χ4n) is 4.78. The second-order valence-corrected chi connectivity index (χ2v) is 10.7. The number of carbonyl (C=O) groups excluding carboxylic acids is 2. The van der Waals surface area contributed by atoms with E-state index in [1.165, 1.54) is 27.6 Å². The smallest absolute Gasteiger partial charge is 0.301 e. The lowest BCUT2D eigenvalue weighted by atomic mass is 9.97. The average molecular weight is 519 g/mol. The number of Topliss-reactive ketones (excluding diaryl/α,β-unsaturated/α-hetero) is 1. The molecule has 2 aliphatic rings. The average Bonchev–Trinajstić information content (AvgIpc) is 3.61. The molecule has 36 heavy (non-hydrogen) atoms. The van der Waals surface area contributed by atoms with Crippen molar-refractivity contribution >= 4 is 55.5 Å². The van der Waals surface area contributed by atoms with Crippen LogP contribution >= 0.6 is 22.7 Å². The minimum atomic E-state index is -0.777. The first kappa shape index (κ1) is 22.8. The summed E-state index contributed by atoms with van der Waals surface area (Å²) >= 11 is 2.74. The predicted molar refractivity (Wildman–Crippen MR) is 140 cm³/mol. The zero-order valence-corrected chi connectivity index (χ0v) is 21.2. The molecule has 7 nitrogen and oxygen atoms in total. The third-order valence-corrected chi connectivity index (χ3v) is 8.48. The number of hydrogen-bond acceptors (Lipinski definition) is 8. The van der Waals surface area contributed by atoms with Crippen LogP contribution in [-0.2, 0) is 16.0 Å². The van der Waals surface area contributed by atoms with Crippen LogP contribution in [0.5, 0.6) is 11.5 Å². The summed E-state index contributed by atoms with van der Waals surface area (Å²) in [6, 6.07) is 12.1. The van der Waals surface area contributed by atoms with E-state index in [1.807, 2.05) is 48.7 Å². The van der Waals surface area contributed by atoms with E-state index in [9.17, 15) is 14.7 Å². The number of amides is 1. The Bertz CT molecular complexity index is 1550. The number of hydrogen-bond donors (Lipinski definition) is 1. The number of aryl methyl sites for hydroxylation is 2. The first-order chi connectivity index (χ1) is 17.5. The highest BCUT2D eigenvalue weighted by Gasteiger charge is 2.48. The van der Waals surface area contributed by atoms with Crippen LogP contribution in [0.15, 0.2) is 53.4 Å². The van der Waals surface area contributed by atoms with Gasteiger partial charge < -0.3 is 14.6 Å². The van der Waals surface area contributed by atoms with Gasteiger partial charge in [0.1, 0.15) is 23.3 Å². The van der Waals surface area contributed by atoms with Gasteiger partial charge in [-0.15, -0.1) is 11.3 Å². The van der Waals surface area contributed by atoms with Crippen molar-refractivity contribution in [2.45, 2.75) is 25.8 Å². The number of aromatic nitrogens is 1. The lowest BCUT2D eigenvalue weighted by Crippen LogP contribution is -2.28. The molecule has 2 aromatic carbocycles. The molecular formula is C27H22N2O5S2. The molecule has 1 unspecified atom stereocenters. The first-order valence-corrected chi connectivity index (χ1v) is 13.2. The highest BCUT2D eigenvalue weighted by molar-refractivity contribution is 7.22. The molecule has 0 radical (unpaired) electrons. The maximum absolute atomic E-state index is 13.4. The Hall–Kier alpha value is -3.69. The SMILES string of the molecule is COc1cc2sc(N3C(=O)C(=O)/C(=C(/O)c4ccc5c(c4)CCCO5)C3c3cccs3)nc2cc1C. The van der Waals surface area contributed by atoms with E-state index in [1.54, 1.807) is 13.2 Å². The number of thiophene rings is 1. The van der Waals surface area contributed by atoms with Gasteiger partial charge in [0.25, 0.3) is 5.78 Å². The number of fused-ring (bicyclic) bond motifs is 2. The van der Waals surface area contributed by atoms with Crippen LogP contribution in [0.3, 0.4) is 0 Å². The molecule has 2 aromatic heterocycles.